The number of furan rings is 1. The summed E-state index contributed by atoms with van der Waals surface area (Å²) in [5, 5.41) is 14.7. The fourth-order valence-electron chi connectivity index (χ4n) is 3.43. The first kappa shape index (κ1) is 20.6. The number of benzene rings is 1. The number of carbonyl (C=O) groups excluding carboxylic acids is 2. The fourth-order valence-corrected chi connectivity index (χ4v) is 3.43. The maximum atomic E-state index is 12.6. The van der Waals surface area contributed by atoms with Crippen LogP contribution in [0.1, 0.15) is 46.2 Å². The molecule has 0 aliphatic heterocycles. The van der Waals surface area contributed by atoms with Gasteiger partial charge in [-0.05, 0) is 56.1 Å². The molecule has 2 aromatic rings. The van der Waals surface area contributed by atoms with E-state index in [-0.39, 0.29) is 36.2 Å². The molecule has 154 valence electrons. The normalized spacial score (nSPS) is 18.2. The molecule has 0 bridgehead atoms. The van der Waals surface area contributed by atoms with Crippen molar-refractivity contribution in [2.45, 2.75) is 38.8 Å². The van der Waals surface area contributed by atoms with E-state index in [2.05, 4.69) is 10.6 Å². The molecule has 0 spiro atoms. The van der Waals surface area contributed by atoms with Crippen molar-refractivity contribution in [2.24, 2.45) is 0 Å². The highest BCUT2D eigenvalue weighted by Crippen LogP contribution is 2.26. The number of rotatable bonds is 8. The standard InChI is InChI=1S/C21H25N3O5/c1-3-24(12-19(25)26)16-10-15(11-16)22-20(27)14-7-6-13(2)17(9-14)23-21(28)18-5-4-8-29-18/h4-9,15-16H,3,10-12H2,1-2H3,(H,22,27)(H,23,28)(H,25,26). The Balaban J connectivity index is 1.58. The molecule has 0 radical (unpaired) electrons. The number of carboxylic acids is 1. The predicted octanol–water partition coefficient (Wildman–Crippen LogP) is 2.51. The maximum absolute atomic E-state index is 12.6. The van der Waals surface area contributed by atoms with E-state index in [1.165, 1.54) is 6.26 Å². The van der Waals surface area contributed by atoms with Crippen LogP contribution in [0.25, 0.3) is 0 Å². The van der Waals surface area contributed by atoms with Gasteiger partial charge in [0.25, 0.3) is 11.8 Å². The van der Waals surface area contributed by atoms with Crippen molar-refractivity contribution < 1.29 is 23.9 Å². The number of anilines is 1. The molecular formula is C21H25N3O5. The summed E-state index contributed by atoms with van der Waals surface area (Å²) in [6.07, 6.45) is 2.87. The number of hydrogen-bond acceptors (Lipinski definition) is 5. The first-order chi connectivity index (χ1) is 13.9. The van der Waals surface area contributed by atoms with E-state index >= 15 is 0 Å². The number of hydrogen-bond donors (Lipinski definition) is 3. The fraction of sp³-hybridized carbons (Fsp3) is 0.381. The zero-order chi connectivity index (χ0) is 21.0. The Hall–Kier alpha value is -3.13. The van der Waals surface area contributed by atoms with Crippen LogP contribution in [0.2, 0.25) is 0 Å². The van der Waals surface area contributed by atoms with Gasteiger partial charge in [0.15, 0.2) is 5.76 Å². The lowest BCUT2D eigenvalue weighted by atomic mass is 9.85. The Morgan fingerprint density at radius 1 is 1.21 bits per heavy atom. The average molecular weight is 399 g/mol. The summed E-state index contributed by atoms with van der Waals surface area (Å²) in [4.78, 5) is 37.6. The van der Waals surface area contributed by atoms with Crippen LogP contribution in [0.3, 0.4) is 0 Å². The highest BCUT2D eigenvalue weighted by Gasteiger charge is 2.34. The lowest BCUT2D eigenvalue weighted by Gasteiger charge is -2.42. The van der Waals surface area contributed by atoms with Crippen molar-refractivity contribution in [3.63, 3.8) is 0 Å². The minimum atomic E-state index is -0.844. The van der Waals surface area contributed by atoms with Gasteiger partial charge in [0.1, 0.15) is 0 Å². The monoisotopic (exact) mass is 399 g/mol. The minimum Gasteiger partial charge on any atom is -0.480 e. The largest absolute Gasteiger partial charge is 0.480 e. The molecule has 1 aromatic heterocycles. The molecule has 8 heteroatoms. The van der Waals surface area contributed by atoms with E-state index in [4.69, 9.17) is 9.52 Å². The van der Waals surface area contributed by atoms with Crippen molar-refractivity contribution >= 4 is 23.5 Å². The van der Waals surface area contributed by atoms with Crippen molar-refractivity contribution in [1.82, 2.24) is 10.2 Å². The highest BCUT2D eigenvalue weighted by molar-refractivity contribution is 6.04. The van der Waals surface area contributed by atoms with Crippen molar-refractivity contribution in [3.05, 3.63) is 53.5 Å². The zero-order valence-corrected chi connectivity index (χ0v) is 16.5. The molecule has 3 rings (SSSR count). The number of carbonyl (C=O) groups is 3. The summed E-state index contributed by atoms with van der Waals surface area (Å²) in [6, 6.07) is 8.52. The van der Waals surface area contributed by atoms with Gasteiger partial charge in [-0.25, -0.2) is 0 Å². The third-order valence-corrected chi connectivity index (χ3v) is 5.20. The van der Waals surface area contributed by atoms with Crippen LogP contribution in [0.15, 0.2) is 41.0 Å². The van der Waals surface area contributed by atoms with Crippen LogP contribution in [0.5, 0.6) is 0 Å². The van der Waals surface area contributed by atoms with Gasteiger partial charge in [0.2, 0.25) is 0 Å². The third-order valence-electron chi connectivity index (χ3n) is 5.20. The molecule has 1 aliphatic carbocycles. The number of aliphatic carboxylic acids is 1. The number of amides is 2. The van der Waals surface area contributed by atoms with Crippen molar-refractivity contribution in [1.29, 1.82) is 0 Å². The molecule has 1 fully saturated rings. The maximum Gasteiger partial charge on any atom is 0.317 e. The quantitative estimate of drug-likeness (QED) is 0.629. The second kappa shape index (κ2) is 8.91. The van der Waals surface area contributed by atoms with E-state index in [0.717, 1.165) is 18.4 Å². The molecule has 8 nitrogen and oxygen atoms in total. The lowest BCUT2D eigenvalue weighted by molar-refractivity contribution is -0.139. The summed E-state index contributed by atoms with van der Waals surface area (Å²) in [6.45, 7) is 4.45. The van der Waals surface area contributed by atoms with Gasteiger partial charge in [-0.2, -0.15) is 0 Å². The molecule has 1 heterocycles. The Kier molecular flexibility index (Phi) is 6.33. The number of nitrogens with zero attached hydrogens (tertiary/aromatic N) is 1. The van der Waals surface area contributed by atoms with Gasteiger partial charge in [-0.3, -0.25) is 19.3 Å². The van der Waals surface area contributed by atoms with Gasteiger partial charge >= 0.3 is 5.97 Å². The van der Waals surface area contributed by atoms with Crippen LogP contribution in [0, 0.1) is 6.92 Å². The first-order valence-electron chi connectivity index (χ1n) is 9.59. The molecule has 2 amide bonds. The van der Waals surface area contributed by atoms with Crippen LogP contribution >= 0.6 is 0 Å². The van der Waals surface area contributed by atoms with Crippen LogP contribution in [-0.2, 0) is 4.79 Å². The number of carboxylic acid groups (broad SMARTS) is 1. The predicted molar refractivity (Wildman–Crippen MR) is 107 cm³/mol. The van der Waals surface area contributed by atoms with Crippen molar-refractivity contribution in [3.8, 4) is 0 Å². The van der Waals surface area contributed by atoms with Crippen LogP contribution < -0.4 is 10.6 Å². The van der Waals surface area contributed by atoms with Gasteiger partial charge in [-0.1, -0.05) is 13.0 Å². The highest BCUT2D eigenvalue weighted by atomic mass is 16.4. The van der Waals surface area contributed by atoms with Crippen LogP contribution in [-0.4, -0.2) is 53.0 Å². The summed E-state index contributed by atoms with van der Waals surface area (Å²) in [5.41, 5.74) is 1.83. The van der Waals surface area contributed by atoms with Crippen molar-refractivity contribution in [2.75, 3.05) is 18.4 Å². The molecule has 1 aromatic carbocycles. The molecule has 29 heavy (non-hydrogen) atoms. The Morgan fingerprint density at radius 2 is 1.97 bits per heavy atom. The number of aryl methyl sites for hydroxylation is 1. The van der Waals surface area contributed by atoms with Gasteiger partial charge in [0.05, 0.1) is 12.8 Å². The smallest absolute Gasteiger partial charge is 0.317 e. The van der Waals surface area contributed by atoms with Crippen LogP contribution in [0.4, 0.5) is 5.69 Å². The van der Waals surface area contributed by atoms with Gasteiger partial charge in [0, 0.05) is 23.3 Å². The number of nitrogens with one attached hydrogen (secondary N) is 2. The SMILES string of the molecule is CCN(CC(=O)O)C1CC(NC(=O)c2ccc(C)c(NC(=O)c3ccco3)c2)C1. The average Bonchev–Trinajstić information content (AvgIpc) is 3.19. The Labute approximate surface area is 168 Å². The van der Waals surface area contributed by atoms with E-state index in [9.17, 15) is 14.4 Å². The van der Waals surface area contributed by atoms with E-state index in [0.29, 0.717) is 17.8 Å². The molecular weight excluding hydrogens is 374 g/mol. The third kappa shape index (κ3) is 5.03. The van der Waals surface area contributed by atoms with E-state index in [1.807, 2.05) is 18.7 Å². The summed E-state index contributed by atoms with van der Waals surface area (Å²) in [7, 11) is 0. The molecule has 0 saturated heterocycles. The molecule has 1 aliphatic rings. The second-order valence-corrected chi connectivity index (χ2v) is 7.21. The topological polar surface area (TPSA) is 112 Å². The zero-order valence-electron chi connectivity index (χ0n) is 16.5. The van der Waals surface area contributed by atoms with Gasteiger partial charge < -0.3 is 20.2 Å². The molecule has 1 saturated carbocycles. The first-order valence-corrected chi connectivity index (χ1v) is 9.59. The summed E-state index contributed by atoms with van der Waals surface area (Å²) < 4.78 is 5.09. The summed E-state index contributed by atoms with van der Waals surface area (Å²) >= 11 is 0. The van der Waals surface area contributed by atoms with E-state index < -0.39 is 5.97 Å². The number of likely N-dealkylation sites (N-methyl/N-ethyl adjacent to an activating group) is 1. The van der Waals surface area contributed by atoms with Gasteiger partial charge in [-0.15, -0.1) is 0 Å². The summed E-state index contributed by atoms with van der Waals surface area (Å²) in [5.74, 6) is -1.25. The molecule has 0 atom stereocenters. The lowest BCUT2D eigenvalue weighted by Crippen LogP contribution is -2.54. The molecule has 0 unspecified atom stereocenters. The minimum absolute atomic E-state index is 0.0119. The van der Waals surface area contributed by atoms with E-state index in [1.54, 1.807) is 30.3 Å². The second-order valence-electron chi connectivity index (χ2n) is 7.21. The molecule has 3 N–H and O–H groups in total. The Bertz CT molecular complexity index is 888. The Morgan fingerprint density at radius 3 is 2.59 bits per heavy atom.